The van der Waals surface area contributed by atoms with Crippen molar-refractivity contribution in [2.45, 2.75) is 13.3 Å². The van der Waals surface area contributed by atoms with E-state index in [1.165, 1.54) is 6.26 Å². The van der Waals surface area contributed by atoms with E-state index in [2.05, 4.69) is 17.1 Å². The molecular formula is C25H26ClN3O4. The minimum Gasteiger partial charge on any atom is -0.494 e. The second kappa shape index (κ2) is 10.4. The van der Waals surface area contributed by atoms with Gasteiger partial charge in [-0.3, -0.25) is 9.59 Å². The molecule has 0 bridgehead atoms. The van der Waals surface area contributed by atoms with Crippen molar-refractivity contribution in [3.63, 3.8) is 0 Å². The molecule has 0 spiro atoms. The molecule has 1 aromatic heterocycles. The van der Waals surface area contributed by atoms with Crippen LogP contribution in [0.15, 0.2) is 65.3 Å². The molecule has 1 aliphatic rings. The second-order valence-corrected chi connectivity index (χ2v) is 8.16. The predicted octanol–water partition coefficient (Wildman–Crippen LogP) is 4.94. The van der Waals surface area contributed by atoms with E-state index in [9.17, 15) is 9.59 Å². The van der Waals surface area contributed by atoms with Crippen molar-refractivity contribution in [3.8, 4) is 5.75 Å². The maximum atomic E-state index is 12.9. The fourth-order valence-electron chi connectivity index (χ4n) is 3.69. The summed E-state index contributed by atoms with van der Waals surface area (Å²) < 4.78 is 10.7. The lowest BCUT2D eigenvalue weighted by Gasteiger charge is -2.36. The van der Waals surface area contributed by atoms with Crippen molar-refractivity contribution < 1.29 is 18.7 Å². The molecule has 0 unspecified atom stereocenters. The van der Waals surface area contributed by atoms with Gasteiger partial charge in [0.2, 0.25) is 0 Å². The number of nitrogens with zero attached hydrogens (tertiary/aromatic N) is 2. The van der Waals surface area contributed by atoms with Gasteiger partial charge in [-0.05, 0) is 61.0 Å². The summed E-state index contributed by atoms with van der Waals surface area (Å²) in [7, 11) is 0. The van der Waals surface area contributed by atoms with Crippen LogP contribution in [0, 0.1) is 0 Å². The van der Waals surface area contributed by atoms with Crippen LogP contribution in [0.1, 0.15) is 34.3 Å². The number of benzene rings is 2. The van der Waals surface area contributed by atoms with Crippen molar-refractivity contribution >= 4 is 34.8 Å². The van der Waals surface area contributed by atoms with Gasteiger partial charge in [0.1, 0.15) is 5.75 Å². The van der Waals surface area contributed by atoms with Crippen molar-refractivity contribution in [2.75, 3.05) is 43.0 Å². The first kappa shape index (κ1) is 22.7. The van der Waals surface area contributed by atoms with Gasteiger partial charge in [0.05, 0.1) is 23.6 Å². The van der Waals surface area contributed by atoms with E-state index in [0.717, 1.165) is 17.9 Å². The first-order valence-corrected chi connectivity index (χ1v) is 11.3. The zero-order valence-corrected chi connectivity index (χ0v) is 19.2. The van der Waals surface area contributed by atoms with Gasteiger partial charge in [-0.15, -0.1) is 0 Å². The molecule has 2 aromatic carbocycles. The molecule has 0 radical (unpaired) electrons. The maximum Gasteiger partial charge on any atom is 0.291 e. The molecule has 0 aliphatic carbocycles. The van der Waals surface area contributed by atoms with Crippen LogP contribution in [0.25, 0.3) is 0 Å². The Balaban J connectivity index is 1.33. The van der Waals surface area contributed by atoms with Crippen molar-refractivity contribution in [1.82, 2.24) is 4.90 Å². The molecule has 1 N–H and O–H groups in total. The molecule has 7 nitrogen and oxygen atoms in total. The highest BCUT2D eigenvalue weighted by Crippen LogP contribution is 2.30. The molecule has 1 aliphatic heterocycles. The van der Waals surface area contributed by atoms with Gasteiger partial charge in [0.25, 0.3) is 11.8 Å². The summed E-state index contributed by atoms with van der Waals surface area (Å²) in [5.41, 5.74) is 2.12. The number of amides is 2. The lowest BCUT2D eigenvalue weighted by Crippen LogP contribution is -2.48. The van der Waals surface area contributed by atoms with Gasteiger partial charge in [-0.25, -0.2) is 0 Å². The quantitative estimate of drug-likeness (QED) is 0.533. The minimum atomic E-state index is -0.332. The van der Waals surface area contributed by atoms with E-state index in [-0.39, 0.29) is 17.6 Å². The standard InChI is InChI=1S/C25H26ClN3O4/c1-2-15-32-20-8-5-18(6-9-20)25(31)29-13-11-28(12-14-29)22-10-7-19(17-21(22)26)27-24(30)23-4-3-16-33-23/h3-10,16-17H,2,11-15H2,1H3,(H,27,30). The largest absolute Gasteiger partial charge is 0.494 e. The van der Waals surface area contributed by atoms with E-state index in [1.54, 1.807) is 18.2 Å². The van der Waals surface area contributed by atoms with Gasteiger partial charge >= 0.3 is 0 Å². The third-order valence-electron chi connectivity index (χ3n) is 5.43. The molecule has 2 heterocycles. The summed E-state index contributed by atoms with van der Waals surface area (Å²) in [6, 6.07) is 16.0. The number of nitrogens with one attached hydrogen (secondary N) is 1. The SMILES string of the molecule is CCCOc1ccc(C(=O)N2CCN(c3ccc(NC(=O)c4ccco4)cc3Cl)CC2)cc1. The molecular weight excluding hydrogens is 442 g/mol. The topological polar surface area (TPSA) is 75.0 Å². The Morgan fingerprint density at radius 3 is 2.45 bits per heavy atom. The lowest BCUT2D eigenvalue weighted by atomic mass is 10.1. The maximum absolute atomic E-state index is 12.9. The highest BCUT2D eigenvalue weighted by molar-refractivity contribution is 6.33. The number of carbonyl (C=O) groups excluding carboxylic acids is 2. The third kappa shape index (κ3) is 5.49. The first-order chi connectivity index (χ1) is 16.0. The van der Waals surface area contributed by atoms with Crippen molar-refractivity contribution in [3.05, 3.63) is 77.2 Å². The Morgan fingerprint density at radius 1 is 1.06 bits per heavy atom. The molecule has 1 saturated heterocycles. The van der Waals surface area contributed by atoms with Crippen LogP contribution in [-0.2, 0) is 0 Å². The van der Waals surface area contributed by atoms with Gasteiger partial charge in [-0.2, -0.15) is 0 Å². The highest BCUT2D eigenvalue weighted by Gasteiger charge is 2.23. The summed E-state index contributed by atoms with van der Waals surface area (Å²) in [5.74, 6) is 0.690. The fraction of sp³-hybridized carbons (Fsp3) is 0.280. The molecule has 172 valence electrons. The molecule has 33 heavy (non-hydrogen) atoms. The summed E-state index contributed by atoms with van der Waals surface area (Å²) in [5, 5.41) is 3.31. The number of halogens is 1. The average Bonchev–Trinajstić information content (AvgIpc) is 3.38. The summed E-state index contributed by atoms with van der Waals surface area (Å²) in [4.78, 5) is 29.0. The first-order valence-electron chi connectivity index (χ1n) is 11.0. The Morgan fingerprint density at radius 2 is 1.82 bits per heavy atom. The van der Waals surface area contributed by atoms with Crippen LogP contribution < -0.4 is 15.0 Å². The van der Waals surface area contributed by atoms with Crippen molar-refractivity contribution in [2.24, 2.45) is 0 Å². The summed E-state index contributed by atoms with van der Waals surface area (Å²) >= 11 is 6.51. The molecule has 0 saturated carbocycles. The number of rotatable bonds is 7. The lowest BCUT2D eigenvalue weighted by molar-refractivity contribution is 0.0746. The van der Waals surface area contributed by atoms with Crippen LogP contribution in [0.4, 0.5) is 11.4 Å². The van der Waals surface area contributed by atoms with E-state index in [0.29, 0.717) is 49.1 Å². The minimum absolute atomic E-state index is 0.0128. The number of ether oxygens (including phenoxy) is 1. The Kier molecular flexibility index (Phi) is 7.19. The normalized spacial score (nSPS) is 13.6. The zero-order chi connectivity index (χ0) is 23.2. The smallest absolute Gasteiger partial charge is 0.291 e. The number of anilines is 2. The number of hydrogen-bond donors (Lipinski definition) is 1. The van der Waals surface area contributed by atoms with Crippen LogP contribution in [0.5, 0.6) is 5.75 Å². The van der Waals surface area contributed by atoms with E-state index < -0.39 is 0 Å². The fourth-order valence-corrected chi connectivity index (χ4v) is 3.99. The molecule has 0 atom stereocenters. The predicted molar refractivity (Wildman–Crippen MR) is 128 cm³/mol. The third-order valence-corrected chi connectivity index (χ3v) is 5.73. The Bertz CT molecular complexity index is 1090. The van der Waals surface area contributed by atoms with E-state index in [1.807, 2.05) is 41.3 Å². The second-order valence-electron chi connectivity index (χ2n) is 7.75. The van der Waals surface area contributed by atoms with Gasteiger partial charge in [0.15, 0.2) is 5.76 Å². The molecule has 4 rings (SSSR count). The van der Waals surface area contributed by atoms with Gasteiger partial charge in [0, 0.05) is 37.4 Å². The number of hydrogen-bond acceptors (Lipinski definition) is 5. The van der Waals surface area contributed by atoms with Crippen LogP contribution in [0.2, 0.25) is 5.02 Å². The van der Waals surface area contributed by atoms with Crippen molar-refractivity contribution in [1.29, 1.82) is 0 Å². The Labute approximate surface area is 197 Å². The highest BCUT2D eigenvalue weighted by atomic mass is 35.5. The number of carbonyl (C=O) groups is 2. The van der Waals surface area contributed by atoms with Crippen LogP contribution in [0.3, 0.4) is 0 Å². The van der Waals surface area contributed by atoms with E-state index >= 15 is 0 Å². The molecule has 3 aromatic rings. The van der Waals surface area contributed by atoms with Crippen LogP contribution in [-0.4, -0.2) is 49.5 Å². The van der Waals surface area contributed by atoms with Gasteiger partial charge in [-0.1, -0.05) is 18.5 Å². The number of furan rings is 1. The summed E-state index contributed by atoms with van der Waals surface area (Å²) in [6.07, 6.45) is 2.39. The van der Waals surface area contributed by atoms with E-state index in [4.69, 9.17) is 20.8 Å². The zero-order valence-electron chi connectivity index (χ0n) is 18.4. The van der Waals surface area contributed by atoms with Gasteiger partial charge < -0.3 is 24.3 Å². The number of piperazine rings is 1. The monoisotopic (exact) mass is 467 g/mol. The molecule has 1 fully saturated rings. The van der Waals surface area contributed by atoms with Crippen LogP contribution >= 0.6 is 11.6 Å². The molecule has 8 heteroatoms. The Hall–Kier alpha value is -3.45. The average molecular weight is 468 g/mol. The molecule has 2 amide bonds. The summed E-state index contributed by atoms with van der Waals surface area (Å²) in [6.45, 7) is 5.25.